The third kappa shape index (κ3) is 3.31. The number of aromatic hydroxyl groups is 1. The molecule has 0 spiro atoms. The van der Waals surface area contributed by atoms with E-state index < -0.39 is 5.63 Å². The van der Waals surface area contributed by atoms with Gasteiger partial charge in [-0.05, 0) is 55.7 Å². The maximum atomic E-state index is 12.0. The highest BCUT2D eigenvalue weighted by Gasteiger charge is 2.13. The Kier molecular flexibility index (Phi) is 4.73. The molecule has 2 heterocycles. The highest BCUT2D eigenvalue weighted by atomic mass is 32.2. The van der Waals surface area contributed by atoms with E-state index in [1.807, 2.05) is 6.20 Å². The lowest BCUT2D eigenvalue weighted by Gasteiger charge is -2.12. The van der Waals surface area contributed by atoms with Gasteiger partial charge in [0, 0.05) is 35.2 Å². The molecule has 0 aliphatic rings. The average Bonchev–Trinajstić information content (AvgIpc) is 3.13. The molecule has 1 N–H and O–H groups in total. The molecule has 0 saturated heterocycles. The Morgan fingerprint density at radius 3 is 2.79 bits per heavy atom. The second-order valence-corrected chi connectivity index (χ2v) is 7.78. The second kappa shape index (κ2) is 7.20. The van der Waals surface area contributed by atoms with Crippen molar-refractivity contribution in [2.75, 3.05) is 0 Å². The van der Waals surface area contributed by atoms with E-state index in [0.717, 1.165) is 21.8 Å². The van der Waals surface area contributed by atoms with Crippen molar-refractivity contribution in [1.29, 1.82) is 0 Å². The van der Waals surface area contributed by atoms with Gasteiger partial charge in [-0.15, -0.1) is 0 Å². The number of aryl methyl sites for hydroxylation is 3. The molecule has 0 radical (unpaired) electrons. The summed E-state index contributed by atoms with van der Waals surface area (Å²) < 4.78 is 7.39. The fraction of sp³-hybridized carbons (Fsp3) is 0.182. The standard InChI is InChI=1S/C22H20N2O3S/c1-13-4-5-14(2)18(10-13)24-9-8-23-22(24)28-12-16-11-20(26)27-21-15(3)19(25)7-6-17(16)21/h4-11,25H,12H2,1-3H3. The van der Waals surface area contributed by atoms with Crippen molar-refractivity contribution in [3.8, 4) is 11.4 Å². The van der Waals surface area contributed by atoms with Gasteiger partial charge in [-0.25, -0.2) is 9.78 Å². The quantitative estimate of drug-likeness (QED) is 0.395. The topological polar surface area (TPSA) is 68.3 Å². The fourth-order valence-corrected chi connectivity index (χ4v) is 4.19. The van der Waals surface area contributed by atoms with Crippen molar-refractivity contribution in [3.05, 3.63) is 81.5 Å². The number of rotatable bonds is 4. The fourth-order valence-electron chi connectivity index (χ4n) is 3.24. The smallest absolute Gasteiger partial charge is 0.336 e. The Labute approximate surface area is 166 Å². The third-order valence-electron chi connectivity index (χ3n) is 4.81. The summed E-state index contributed by atoms with van der Waals surface area (Å²) in [6.45, 7) is 5.89. The van der Waals surface area contributed by atoms with Gasteiger partial charge in [0.1, 0.15) is 11.3 Å². The minimum atomic E-state index is -0.422. The van der Waals surface area contributed by atoms with Gasteiger partial charge in [0.15, 0.2) is 5.16 Å². The van der Waals surface area contributed by atoms with Gasteiger partial charge in [-0.3, -0.25) is 4.57 Å². The number of phenols is 1. The van der Waals surface area contributed by atoms with Crippen LogP contribution < -0.4 is 5.63 Å². The van der Waals surface area contributed by atoms with Crippen LogP contribution in [-0.2, 0) is 5.75 Å². The van der Waals surface area contributed by atoms with Gasteiger partial charge in [0.05, 0.1) is 5.69 Å². The number of benzene rings is 2. The lowest BCUT2D eigenvalue weighted by molar-refractivity contribution is 0.468. The zero-order chi connectivity index (χ0) is 19.8. The van der Waals surface area contributed by atoms with Gasteiger partial charge in [0.2, 0.25) is 0 Å². The van der Waals surface area contributed by atoms with Gasteiger partial charge in [0.25, 0.3) is 0 Å². The zero-order valence-corrected chi connectivity index (χ0v) is 16.7. The minimum absolute atomic E-state index is 0.117. The first-order chi connectivity index (χ1) is 13.4. The van der Waals surface area contributed by atoms with Gasteiger partial charge >= 0.3 is 5.63 Å². The molecular formula is C22H20N2O3S. The molecule has 4 aromatic rings. The largest absolute Gasteiger partial charge is 0.508 e. The first-order valence-electron chi connectivity index (χ1n) is 8.93. The zero-order valence-electron chi connectivity index (χ0n) is 15.9. The highest BCUT2D eigenvalue weighted by molar-refractivity contribution is 7.98. The van der Waals surface area contributed by atoms with Gasteiger partial charge < -0.3 is 9.52 Å². The van der Waals surface area contributed by atoms with Crippen LogP contribution in [0.1, 0.15) is 22.3 Å². The summed E-state index contributed by atoms with van der Waals surface area (Å²) in [5.41, 5.74) is 4.89. The predicted octanol–water partition coefficient (Wildman–Crippen LogP) is 4.90. The molecule has 0 unspecified atom stereocenters. The first kappa shape index (κ1) is 18.4. The summed E-state index contributed by atoms with van der Waals surface area (Å²) in [6.07, 6.45) is 3.73. The van der Waals surface area contributed by atoms with Crippen LogP contribution in [0.4, 0.5) is 0 Å². The van der Waals surface area contributed by atoms with Crippen LogP contribution >= 0.6 is 11.8 Å². The van der Waals surface area contributed by atoms with E-state index in [2.05, 4.69) is 41.6 Å². The van der Waals surface area contributed by atoms with E-state index in [4.69, 9.17) is 4.42 Å². The van der Waals surface area contributed by atoms with Crippen LogP contribution in [0.5, 0.6) is 5.75 Å². The molecule has 2 aromatic heterocycles. The normalized spacial score (nSPS) is 11.2. The molecule has 0 saturated carbocycles. The lowest BCUT2D eigenvalue weighted by Crippen LogP contribution is -2.02. The van der Waals surface area contributed by atoms with Crippen molar-refractivity contribution in [1.82, 2.24) is 9.55 Å². The molecule has 0 atom stereocenters. The van der Waals surface area contributed by atoms with Gasteiger partial charge in [-0.1, -0.05) is 23.9 Å². The molecular weight excluding hydrogens is 372 g/mol. The number of nitrogens with zero attached hydrogens (tertiary/aromatic N) is 2. The molecule has 0 amide bonds. The lowest BCUT2D eigenvalue weighted by atomic mass is 10.1. The SMILES string of the molecule is Cc1ccc(C)c(-n2ccnc2SCc2cc(=O)oc3c(C)c(O)ccc23)c1. The first-order valence-corrected chi connectivity index (χ1v) is 9.91. The van der Waals surface area contributed by atoms with Crippen LogP contribution in [0.3, 0.4) is 0 Å². The molecule has 0 bridgehead atoms. The number of imidazole rings is 1. The molecule has 6 heteroatoms. The molecule has 0 fully saturated rings. The van der Waals surface area contributed by atoms with Crippen LogP contribution in [0, 0.1) is 20.8 Å². The Morgan fingerprint density at radius 2 is 1.96 bits per heavy atom. The van der Waals surface area contributed by atoms with Crippen molar-refractivity contribution in [2.24, 2.45) is 0 Å². The minimum Gasteiger partial charge on any atom is -0.508 e. The number of aromatic nitrogens is 2. The van der Waals surface area contributed by atoms with E-state index in [9.17, 15) is 9.90 Å². The molecule has 2 aromatic carbocycles. The van der Waals surface area contributed by atoms with E-state index >= 15 is 0 Å². The highest BCUT2D eigenvalue weighted by Crippen LogP contribution is 2.31. The Hall–Kier alpha value is -2.99. The number of hydrogen-bond donors (Lipinski definition) is 1. The summed E-state index contributed by atoms with van der Waals surface area (Å²) >= 11 is 1.56. The molecule has 0 aliphatic carbocycles. The molecule has 28 heavy (non-hydrogen) atoms. The molecule has 5 nitrogen and oxygen atoms in total. The molecule has 0 aliphatic heterocycles. The summed E-state index contributed by atoms with van der Waals surface area (Å²) in [6, 6.07) is 11.3. The Bertz CT molecular complexity index is 1240. The number of thioether (sulfide) groups is 1. The summed E-state index contributed by atoms with van der Waals surface area (Å²) in [4.78, 5) is 16.5. The van der Waals surface area contributed by atoms with Crippen molar-refractivity contribution in [2.45, 2.75) is 31.7 Å². The van der Waals surface area contributed by atoms with Crippen molar-refractivity contribution >= 4 is 22.7 Å². The maximum Gasteiger partial charge on any atom is 0.336 e. The number of phenolic OH excluding ortho intramolecular Hbond substituents is 1. The monoisotopic (exact) mass is 392 g/mol. The van der Waals surface area contributed by atoms with Crippen LogP contribution in [-0.4, -0.2) is 14.7 Å². The van der Waals surface area contributed by atoms with Crippen molar-refractivity contribution in [3.63, 3.8) is 0 Å². The number of hydrogen-bond acceptors (Lipinski definition) is 5. The van der Waals surface area contributed by atoms with Crippen LogP contribution in [0.2, 0.25) is 0 Å². The van der Waals surface area contributed by atoms with E-state index in [1.54, 1.807) is 37.0 Å². The second-order valence-electron chi connectivity index (χ2n) is 6.84. The summed E-state index contributed by atoms with van der Waals surface area (Å²) in [7, 11) is 0. The van der Waals surface area contributed by atoms with Crippen LogP contribution in [0.15, 0.2) is 63.2 Å². The summed E-state index contributed by atoms with van der Waals surface area (Å²) in [5, 5.41) is 11.6. The maximum absolute atomic E-state index is 12.0. The number of fused-ring (bicyclic) bond motifs is 1. The van der Waals surface area contributed by atoms with Gasteiger partial charge in [-0.2, -0.15) is 0 Å². The molecule has 142 valence electrons. The van der Waals surface area contributed by atoms with Crippen molar-refractivity contribution < 1.29 is 9.52 Å². The molecule has 4 rings (SSSR count). The Balaban J connectivity index is 1.70. The summed E-state index contributed by atoms with van der Waals surface area (Å²) in [5.74, 6) is 0.680. The van der Waals surface area contributed by atoms with E-state index in [1.165, 1.54) is 17.2 Å². The van der Waals surface area contributed by atoms with Crippen LogP contribution in [0.25, 0.3) is 16.7 Å². The average molecular weight is 392 g/mol. The predicted molar refractivity (Wildman–Crippen MR) is 111 cm³/mol. The Morgan fingerprint density at radius 1 is 1.14 bits per heavy atom. The van der Waals surface area contributed by atoms with E-state index in [-0.39, 0.29) is 5.75 Å². The third-order valence-corrected chi connectivity index (χ3v) is 5.82. The van der Waals surface area contributed by atoms with E-state index in [0.29, 0.717) is 16.9 Å².